The Morgan fingerprint density at radius 3 is 2.67 bits per heavy atom. The summed E-state index contributed by atoms with van der Waals surface area (Å²) in [6.45, 7) is 1.61. The van der Waals surface area contributed by atoms with Crippen molar-refractivity contribution in [2.45, 2.75) is 30.7 Å². The normalized spacial score (nSPS) is 22.1. The molecule has 0 aliphatic carbocycles. The standard InChI is InChI=1S/C12H17ClN2O4S2/c1-8-5-10(13)11(14)6-12(8)21(18,19)15-9-3-2-4-20(16,17)7-9/h5-6,9,15H,2-4,7,14H2,1H3. The Balaban J connectivity index is 2.29. The van der Waals surface area contributed by atoms with Gasteiger partial charge in [0.15, 0.2) is 9.84 Å². The van der Waals surface area contributed by atoms with Crippen LogP contribution in [0.15, 0.2) is 17.0 Å². The van der Waals surface area contributed by atoms with Gasteiger partial charge < -0.3 is 5.73 Å². The second kappa shape index (κ2) is 5.75. The maximum Gasteiger partial charge on any atom is 0.241 e. The van der Waals surface area contributed by atoms with Gasteiger partial charge in [-0.05, 0) is 37.5 Å². The highest BCUT2D eigenvalue weighted by Gasteiger charge is 2.29. The van der Waals surface area contributed by atoms with Gasteiger partial charge in [-0.1, -0.05) is 11.6 Å². The fraction of sp³-hybridized carbons (Fsp3) is 0.500. The van der Waals surface area contributed by atoms with Crippen molar-refractivity contribution < 1.29 is 16.8 Å². The van der Waals surface area contributed by atoms with Crippen molar-refractivity contribution in [2.24, 2.45) is 0 Å². The molecular weight excluding hydrogens is 336 g/mol. The minimum absolute atomic E-state index is 0.0207. The highest BCUT2D eigenvalue weighted by molar-refractivity contribution is 7.91. The Kier molecular flexibility index (Phi) is 4.53. The van der Waals surface area contributed by atoms with Crippen LogP contribution in [0.4, 0.5) is 5.69 Å². The number of hydrogen-bond donors (Lipinski definition) is 2. The quantitative estimate of drug-likeness (QED) is 0.792. The molecule has 1 fully saturated rings. The second-order valence-electron chi connectivity index (χ2n) is 5.21. The van der Waals surface area contributed by atoms with Crippen molar-refractivity contribution in [1.82, 2.24) is 4.72 Å². The van der Waals surface area contributed by atoms with E-state index in [0.717, 1.165) is 0 Å². The van der Waals surface area contributed by atoms with E-state index < -0.39 is 25.9 Å². The van der Waals surface area contributed by atoms with Crippen LogP contribution in [0.3, 0.4) is 0 Å². The lowest BCUT2D eigenvalue weighted by Crippen LogP contribution is -2.43. The van der Waals surface area contributed by atoms with Crippen LogP contribution in [0.25, 0.3) is 0 Å². The summed E-state index contributed by atoms with van der Waals surface area (Å²) in [5.74, 6) is -0.0630. The lowest BCUT2D eigenvalue weighted by atomic mass is 10.2. The first kappa shape index (κ1) is 16.5. The molecule has 0 aromatic heterocycles. The van der Waals surface area contributed by atoms with Crippen molar-refractivity contribution >= 4 is 37.1 Å². The van der Waals surface area contributed by atoms with Gasteiger partial charge in [0, 0.05) is 6.04 Å². The van der Waals surface area contributed by atoms with Gasteiger partial charge in [0.2, 0.25) is 10.0 Å². The van der Waals surface area contributed by atoms with Gasteiger partial charge in [0.25, 0.3) is 0 Å². The van der Waals surface area contributed by atoms with E-state index in [1.165, 1.54) is 12.1 Å². The molecule has 6 nitrogen and oxygen atoms in total. The van der Waals surface area contributed by atoms with E-state index in [9.17, 15) is 16.8 Å². The average Bonchev–Trinajstić information content (AvgIpc) is 2.31. The number of anilines is 1. The minimum atomic E-state index is -3.83. The molecule has 1 atom stereocenters. The highest BCUT2D eigenvalue weighted by Crippen LogP contribution is 2.26. The zero-order valence-electron chi connectivity index (χ0n) is 11.5. The van der Waals surface area contributed by atoms with Crippen LogP contribution in [-0.4, -0.2) is 34.4 Å². The number of nitrogens with one attached hydrogen (secondary N) is 1. The highest BCUT2D eigenvalue weighted by atomic mass is 35.5. The molecule has 0 bridgehead atoms. The Bertz CT molecular complexity index is 760. The first-order valence-corrected chi connectivity index (χ1v) is 10.1. The van der Waals surface area contributed by atoms with E-state index in [0.29, 0.717) is 18.4 Å². The molecule has 1 aliphatic rings. The summed E-state index contributed by atoms with van der Waals surface area (Å²) in [6, 6.07) is 2.16. The number of hydrogen-bond acceptors (Lipinski definition) is 5. The molecule has 9 heteroatoms. The number of nitrogen functional groups attached to an aromatic ring is 1. The summed E-state index contributed by atoms with van der Waals surface area (Å²) in [6.07, 6.45) is 0.956. The minimum Gasteiger partial charge on any atom is -0.397 e. The number of halogens is 1. The zero-order valence-corrected chi connectivity index (χ0v) is 13.9. The second-order valence-corrected chi connectivity index (χ2v) is 9.53. The van der Waals surface area contributed by atoms with E-state index in [1.54, 1.807) is 6.92 Å². The molecule has 21 heavy (non-hydrogen) atoms. The number of sulfonamides is 1. The molecule has 2 rings (SSSR count). The Morgan fingerprint density at radius 2 is 2.05 bits per heavy atom. The molecule has 0 radical (unpaired) electrons. The molecule has 0 spiro atoms. The predicted octanol–water partition coefficient (Wildman–Crippen LogP) is 1.09. The maximum absolute atomic E-state index is 12.4. The van der Waals surface area contributed by atoms with Crippen LogP contribution in [0.5, 0.6) is 0 Å². The molecule has 118 valence electrons. The van der Waals surface area contributed by atoms with Crippen LogP contribution in [0, 0.1) is 6.92 Å². The summed E-state index contributed by atoms with van der Waals surface area (Å²) in [5.41, 5.74) is 6.27. The van der Waals surface area contributed by atoms with Crippen molar-refractivity contribution in [3.8, 4) is 0 Å². The molecular formula is C12H17ClN2O4S2. The van der Waals surface area contributed by atoms with Gasteiger partial charge >= 0.3 is 0 Å². The van der Waals surface area contributed by atoms with Gasteiger partial charge in [-0.2, -0.15) is 0 Å². The first-order chi connectivity index (χ1) is 9.61. The third-order valence-electron chi connectivity index (χ3n) is 3.37. The third kappa shape index (κ3) is 3.88. The van der Waals surface area contributed by atoms with Crippen molar-refractivity contribution in [1.29, 1.82) is 0 Å². The molecule has 1 aromatic carbocycles. The van der Waals surface area contributed by atoms with Crippen LogP contribution in [0.1, 0.15) is 18.4 Å². The van der Waals surface area contributed by atoms with Crippen LogP contribution in [-0.2, 0) is 19.9 Å². The van der Waals surface area contributed by atoms with E-state index >= 15 is 0 Å². The lowest BCUT2D eigenvalue weighted by Gasteiger charge is -2.23. The van der Waals surface area contributed by atoms with E-state index in [1.807, 2.05) is 0 Å². The summed E-state index contributed by atoms with van der Waals surface area (Å²) in [4.78, 5) is 0.0207. The number of benzene rings is 1. The van der Waals surface area contributed by atoms with Crippen molar-refractivity contribution in [3.63, 3.8) is 0 Å². The monoisotopic (exact) mass is 352 g/mol. The van der Waals surface area contributed by atoms with Crippen LogP contribution >= 0.6 is 11.6 Å². The fourth-order valence-corrected chi connectivity index (χ4v) is 5.85. The van der Waals surface area contributed by atoms with Gasteiger partial charge in [-0.25, -0.2) is 21.6 Å². The number of sulfone groups is 1. The maximum atomic E-state index is 12.4. The summed E-state index contributed by atoms with van der Waals surface area (Å²) in [5, 5.41) is 0.284. The topological polar surface area (TPSA) is 106 Å². The molecule has 1 unspecified atom stereocenters. The van der Waals surface area contributed by atoms with E-state index in [2.05, 4.69) is 4.72 Å². The van der Waals surface area contributed by atoms with Crippen molar-refractivity contribution in [3.05, 3.63) is 22.7 Å². The molecule has 1 aliphatic heterocycles. The van der Waals surface area contributed by atoms with Crippen LogP contribution in [0.2, 0.25) is 5.02 Å². The predicted molar refractivity (Wildman–Crippen MR) is 82.6 cm³/mol. The van der Waals surface area contributed by atoms with Gasteiger partial charge in [-0.15, -0.1) is 0 Å². The Hall–Kier alpha value is -0.830. The Morgan fingerprint density at radius 1 is 1.38 bits per heavy atom. The Labute approximate surface area is 129 Å². The molecule has 1 heterocycles. The summed E-state index contributed by atoms with van der Waals surface area (Å²) < 4.78 is 50.4. The molecule has 1 saturated heterocycles. The van der Waals surface area contributed by atoms with Gasteiger partial charge in [0.1, 0.15) is 0 Å². The average molecular weight is 353 g/mol. The van der Waals surface area contributed by atoms with Crippen LogP contribution < -0.4 is 10.5 Å². The summed E-state index contributed by atoms with van der Waals surface area (Å²) in [7, 11) is -7.02. The largest absolute Gasteiger partial charge is 0.397 e. The SMILES string of the molecule is Cc1cc(Cl)c(N)cc1S(=O)(=O)NC1CCCS(=O)(=O)C1. The smallest absolute Gasteiger partial charge is 0.241 e. The number of rotatable bonds is 3. The van der Waals surface area contributed by atoms with Gasteiger partial charge in [-0.3, -0.25) is 0 Å². The van der Waals surface area contributed by atoms with Gasteiger partial charge in [0.05, 0.1) is 27.1 Å². The third-order valence-corrected chi connectivity index (χ3v) is 7.18. The van der Waals surface area contributed by atoms with Crippen molar-refractivity contribution in [2.75, 3.05) is 17.2 Å². The first-order valence-electron chi connectivity index (χ1n) is 6.39. The molecule has 0 saturated carbocycles. The van der Waals surface area contributed by atoms with E-state index in [4.69, 9.17) is 17.3 Å². The molecule has 3 N–H and O–H groups in total. The summed E-state index contributed by atoms with van der Waals surface area (Å²) >= 11 is 5.85. The zero-order chi connectivity index (χ0) is 15.8. The molecule has 1 aromatic rings. The lowest BCUT2D eigenvalue weighted by molar-refractivity contribution is 0.517. The number of nitrogens with two attached hydrogens (primary N) is 1. The molecule has 0 amide bonds. The number of aryl methyl sites for hydroxylation is 1. The van der Waals surface area contributed by atoms with E-state index in [-0.39, 0.29) is 27.1 Å². The fourth-order valence-electron chi connectivity index (χ4n) is 2.36.